The second-order valence-electron chi connectivity index (χ2n) is 6.90. The number of carbonyl (C=O) groups excluding carboxylic acids is 1. The average Bonchev–Trinajstić information content (AvgIpc) is 3.43. The van der Waals surface area contributed by atoms with Gasteiger partial charge < -0.3 is 20.1 Å². The lowest BCUT2D eigenvalue weighted by molar-refractivity contribution is -0.114. The van der Waals surface area contributed by atoms with Gasteiger partial charge in [-0.15, -0.1) is 0 Å². The van der Waals surface area contributed by atoms with Crippen LogP contribution >= 0.6 is 0 Å². The smallest absolute Gasteiger partial charge is 0.303 e. The summed E-state index contributed by atoms with van der Waals surface area (Å²) in [5.41, 5.74) is 0.800. The molecule has 0 bridgehead atoms. The molecule has 2 N–H and O–H groups in total. The number of nitrogens with one attached hydrogen (secondary N) is 2. The largest absolute Gasteiger partial charge is 0.487 e. The van der Waals surface area contributed by atoms with E-state index in [9.17, 15) is 13.6 Å². The lowest BCUT2D eigenvalue weighted by Gasteiger charge is -2.16. The molecule has 1 aliphatic rings. The third-order valence-electron chi connectivity index (χ3n) is 3.90. The van der Waals surface area contributed by atoms with Crippen LogP contribution in [0.25, 0.3) is 0 Å². The summed E-state index contributed by atoms with van der Waals surface area (Å²) >= 11 is 0. The van der Waals surface area contributed by atoms with Crippen molar-refractivity contribution in [3.8, 4) is 5.75 Å². The SMILES string of the molecule is CC(=O)Nc1cc(Nc2cc(C)nc(C(C)(F)F)n2)c(OCCOC2CC2)cn1. The molecule has 3 rings (SSSR count). The van der Waals surface area contributed by atoms with E-state index >= 15 is 0 Å². The fraction of sp³-hybridized carbons (Fsp3) is 0.474. The maximum absolute atomic E-state index is 13.7. The number of anilines is 3. The number of alkyl halides is 2. The third-order valence-corrected chi connectivity index (χ3v) is 3.90. The fourth-order valence-electron chi connectivity index (χ4n) is 2.47. The summed E-state index contributed by atoms with van der Waals surface area (Å²) in [6.45, 7) is 4.42. The monoisotopic (exact) mass is 407 g/mol. The molecule has 0 aliphatic heterocycles. The van der Waals surface area contributed by atoms with Crippen LogP contribution in [0, 0.1) is 6.92 Å². The van der Waals surface area contributed by atoms with Gasteiger partial charge in [0.15, 0.2) is 5.75 Å². The van der Waals surface area contributed by atoms with Crippen molar-refractivity contribution in [3.05, 3.63) is 29.8 Å². The number of carbonyl (C=O) groups is 1. The predicted octanol–water partition coefficient (Wildman–Crippen LogP) is 3.55. The standard InChI is InChI=1S/C19H23F2N5O3/c1-11-8-17(26-18(23-11)19(3,20)21)25-14-9-16(24-12(2)27)22-10-15(14)29-7-6-28-13-4-5-13/h8-10,13H,4-7H2,1-3H3,(H2,22,23,24,25,26,27). The molecule has 0 atom stereocenters. The van der Waals surface area contributed by atoms with Crippen molar-refractivity contribution < 1.29 is 23.0 Å². The summed E-state index contributed by atoms with van der Waals surface area (Å²) in [7, 11) is 0. The molecule has 156 valence electrons. The van der Waals surface area contributed by atoms with Gasteiger partial charge in [-0.05, 0) is 19.8 Å². The lowest BCUT2D eigenvalue weighted by Crippen LogP contribution is -2.15. The topological polar surface area (TPSA) is 98.3 Å². The van der Waals surface area contributed by atoms with Gasteiger partial charge >= 0.3 is 5.92 Å². The quantitative estimate of drug-likeness (QED) is 0.614. The Morgan fingerprint density at radius 1 is 1.24 bits per heavy atom. The maximum atomic E-state index is 13.7. The van der Waals surface area contributed by atoms with E-state index in [1.54, 1.807) is 13.0 Å². The summed E-state index contributed by atoms with van der Waals surface area (Å²) < 4.78 is 38.6. The Hall–Kier alpha value is -2.88. The van der Waals surface area contributed by atoms with Crippen LogP contribution in [0.5, 0.6) is 5.75 Å². The molecule has 2 aromatic rings. The molecule has 0 aromatic carbocycles. The van der Waals surface area contributed by atoms with Crippen LogP contribution in [0.4, 0.5) is 26.1 Å². The van der Waals surface area contributed by atoms with E-state index in [0.717, 1.165) is 19.8 Å². The number of hydrogen-bond acceptors (Lipinski definition) is 7. The van der Waals surface area contributed by atoms with Crippen LogP contribution in [0.3, 0.4) is 0 Å². The summed E-state index contributed by atoms with van der Waals surface area (Å²) in [4.78, 5) is 23.1. The number of ether oxygens (including phenoxy) is 2. The highest BCUT2D eigenvalue weighted by atomic mass is 19.3. The average molecular weight is 407 g/mol. The van der Waals surface area contributed by atoms with Gasteiger partial charge in [-0.3, -0.25) is 4.79 Å². The molecule has 8 nitrogen and oxygen atoms in total. The lowest BCUT2D eigenvalue weighted by atomic mass is 10.3. The minimum absolute atomic E-state index is 0.174. The van der Waals surface area contributed by atoms with Gasteiger partial charge in [-0.1, -0.05) is 0 Å². The van der Waals surface area contributed by atoms with Crippen LogP contribution in [0.1, 0.15) is 38.2 Å². The number of halogens is 2. The van der Waals surface area contributed by atoms with E-state index in [4.69, 9.17) is 9.47 Å². The first kappa shape index (κ1) is 20.8. The Labute approximate surface area is 167 Å². The number of aryl methyl sites for hydroxylation is 1. The zero-order valence-electron chi connectivity index (χ0n) is 16.5. The Balaban J connectivity index is 1.82. The van der Waals surface area contributed by atoms with Crippen molar-refractivity contribution in [2.75, 3.05) is 23.8 Å². The fourth-order valence-corrected chi connectivity index (χ4v) is 2.47. The second kappa shape index (κ2) is 8.64. The highest BCUT2D eigenvalue weighted by Crippen LogP contribution is 2.31. The van der Waals surface area contributed by atoms with Crippen molar-refractivity contribution >= 4 is 23.2 Å². The van der Waals surface area contributed by atoms with Crippen molar-refractivity contribution in [1.82, 2.24) is 15.0 Å². The number of hydrogen-bond donors (Lipinski definition) is 2. The summed E-state index contributed by atoms with van der Waals surface area (Å²) in [5, 5.41) is 5.53. The van der Waals surface area contributed by atoms with Gasteiger partial charge in [-0.2, -0.15) is 8.78 Å². The van der Waals surface area contributed by atoms with Gasteiger partial charge in [0.1, 0.15) is 18.2 Å². The van der Waals surface area contributed by atoms with E-state index in [0.29, 0.717) is 36.4 Å². The Morgan fingerprint density at radius 3 is 2.66 bits per heavy atom. The zero-order chi connectivity index (χ0) is 21.0. The molecule has 29 heavy (non-hydrogen) atoms. The van der Waals surface area contributed by atoms with Crippen molar-refractivity contribution in [3.63, 3.8) is 0 Å². The van der Waals surface area contributed by atoms with Crippen molar-refractivity contribution in [2.24, 2.45) is 0 Å². The molecule has 1 fully saturated rings. The highest BCUT2D eigenvalue weighted by molar-refractivity contribution is 5.88. The molecule has 1 saturated carbocycles. The van der Waals surface area contributed by atoms with Crippen molar-refractivity contribution in [1.29, 1.82) is 0 Å². The molecule has 0 radical (unpaired) electrons. The van der Waals surface area contributed by atoms with E-state index in [1.807, 2.05) is 0 Å². The second-order valence-corrected chi connectivity index (χ2v) is 6.90. The molecular formula is C19H23F2N5O3. The number of aromatic nitrogens is 3. The van der Waals surface area contributed by atoms with Gasteiger partial charge in [-0.25, -0.2) is 15.0 Å². The van der Waals surface area contributed by atoms with Crippen LogP contribution in [-0.4, -0.2) is 40.2 Å². The summed E-state index contributed by atoms with van der Waals surface area (Å²) in [6.07, 6.45) is 3.89. The summed E-state index contributed by atoms with van der Waals surface area (Å²) in [5.74, 6) is -3.22. The van der Waals surface area contributed by atoms with Gasteiger partial charge in [0.25, 0.3) is 0 Å². The molecule has 0 unspecified atom stereocenters. The number of pyridine rings is 1. The molecule has 0 saturated heterocycles. The first-order valence-corrected chi connectivity index (χ1v) is 9.24. The maximum Gasteiger partial charge on any atom is 0.303 e. The van der Waals surface area contributed by atoms with E-state index in [-0.39, 0.29) is 17.5 Å². The molecule has 1 amide bonds. The minimum Gasteiger partial charge on any atom is -0.487 e. The molecule has 2 aromatic heterocycles. The Bertz CT molecular complexity index is 885. The van der Waals surface area contributed by atoms with E-state index in [1.165, 1.54) is 19.2 Å². The molecular weight excluding hydrogens is 384 g/mol. The predicted molar refractivity (Wildman–Crippen MR) is 103 cm³/mol. The van der Waals surface area contributed by atoms with Crippen LogP contribution < -0.4 is 15.4 Å². The number of amides is 1. The Kier molecular flexibility index (Phi) is 6.21. The van der Waals surface area contributed by atoms with Gasteiger partial charge in [0, 0.05) is 31.7 Å². The molecule has 2 heterocycles. The Morgan fingerprint density at radius 2 is 2.00 bits per heavy atom. The van der Waals surface area contributed by atoms with E-state index < -0.39 is 11.7 Å². The van der Waals surface area contributed by atoms with Crippen LogP contribution in [0.2, 0.25) is 0 Å². The molecule has 0 spiro atoms. The molecule has 1 aliphatic carbocycles. The van der Waals surface area contributed by atoms with Crippen LogP contribution in [-0.2, 0) is 15.5 Å². The highest BCUT2D eigenvalue weighted by Gasteiger charge is 2.29. The van der Waals surface area contributed by atoms with Crippen LogP contribution in [0.15, 0.2) is 18.3 Å². The van der Waals surface area contributed by atoms with Gasteiger partial charge in [0.2, 0.25) is 11.7 Å². The number of nitrogens with zero attached hydrogens (tertiary/aromatic N) is 3. The minimum atomic E-state index is -3.18. The normalized spacial score (nSPS) is 13.8. The molecule has 10 heteroatoms. The van der Waals surface area contributed by atoms with Gasteiger partial charge in [0.05, 0.1) is 24.6 Å². The van der Waals surface area contributed by atoms with Crippen molar-refractivity contribution in [2.45, 2.75) is 45.6 Å². The zero-order valence-corrected chi connectivity index (χ0v) is 16.5. The van der Waals surface area contributed by atoms with E-state index in [2.05, 4.69) is 25.6 Å². The summed E-state index contributed by atoms with van der Waals surface area (Å²) in [6, 6.07) is 3.08. The first-order chi connectivity index (χ1) is 13.7. The number of rotatable bonds is 9. The first-order valence-electron chi connectivity index (χ1n) is 9.24. The third kappa shape index (κ3) is 6.31.